The quantitative estimate of drug-likeness (QED) is 0.586. The molecule has 4 rings (SSSR count). The van der Waals surface area contributed by atoms with Crippen LogP contribution in [0.1, 0.15) is 33.1 Å². The number of nitrogens with one attached hydrogen (secondary N) is 1. The lowest BCUT2D eigenvalue weighted by molar-refractivity contribution is -0.147. The second-order valence-electron chi connectivity index (χ2n) is 8.22. The van der Waals surface area contributed by atoms with Crippen LogP contribution in [0, 0.1) is 17.8 Å². The maximum atomic E-state index is 13.1. The molecule has 2 aliphatic rings. The molecule has 2 aromatic rings. The fourth-order valence-electron chi connectivity index (χ4n) is 4.17. The number of anilines is 1. The maximum Gasteiger partial charge on any atom is 0.247 e. The highest BCUT2D eigenvalue weighted by atomic mass is 16.2. The minimum Gasteiger partial charge on any atom is -0.324 e. The lowest BCUT2D eigenvalue weighted by atomic mass is 9.85. The van der Waals surface area contributed by atoms with E-state index in [4.69, 9.17) is 0 Å². The number of carbonyl (C=O) groups is 3. The zero-order valence-corrected chi connectivity index (χ0v) is 17.1. The van der Waals surface area contributed by atoms with Gasteiger partial charge in [0, 0.05) is 5.69 Å². The van der Waals surface area contributed by atoms with Gasteiger partial charge in [-0.05, 0) is 49.4 Å². The molecule has 0 saturated carbocycles. The van der Waals surface area contributed by atoms with Crippen molar-refractivity contribution in [1.29, 1.82) is 0 Å². The number of benzene rings is 1. The number of allylic oxidation sites excluding steroid dienone is 2. The van der Waals surface area contributed by atoms with Gasteiger partial charge >= 0.3 is 0 Å². The number of hydrogen-bond acceptors (Lipinski definition) is 5. The monoisotopic (exact) mass is 407 g/mol. The second-order valence-corrected chi connectivity index (χ2v) is 8.22. The van der Waals surface area contributed by atoms with E-state index in [2.05, 4.69) is 15.4 Å². The van der Waals surface area contributed by atoms with E-state index in [1.165, 1.54) is 11.2 Å². The van der Waals surface area contributed by atoms with Crippen molar-refractivity contribution in [3.63, 3.8) is 0 Å². The molecule has 3 amide bonds. The van der Waals surface area contributed by atoms with Crippen molar-refractivity contribution in [1.82, 2.24) is 19.7 Å². The summed E-state index contributed by atoms with van der Waals surface area (Å²) >= 11 is 0. The molecular formula is C22H25N5O3. The van der Waals surface area contributed by atoms with Gasteiger partial charge in [-0.15, -0.1) is 0 Å². The maximum absolute atomic E-state index is 13.1. The van der Waals surface area contributed by atoms with Crippen molar-refractivity contribution in [3.05, 3.63) is 49.1 Å². The van der Waals surface area contributed by atoms with Crippen LogP contribution in [0.2, 0.25) is 0 Å². The van der Waals surface area contributed by atoms with E-state index in [1.54, 1.807) is 23.1 Å². The van der Waals surface area contributed by atoms with Crippen LogP contribution in [0.4, 0.5) is 5.69 Å². The molecule has 8 heteroatoms. The van der Waals surface area contributed by atoms with E-state index in [0.29, 0.717) is 24.9 Å². The Labute approximate surface area is 175 Å². The van der Waals surface area contributed by atoms with Gasteiger partial charge in [0.05, 0.1) is 17.5 Å². The van der Waals surface area contributed by atoms with Crippen LogP contribution < -0.4 is 5.32 Å². The first-order valence-electron chi connectivity index (χ1n) is 10.2. The van der Waals surface area contributed by atoms with Crippen LogP contribution in [-0.2, 0) is 14.4 Å². The summed E-state index contributed by atoms with van der Waals surface area (Å²) in [5, 5.41) is 6.95. The average Bonchev–Trinajstić information content (AvgIpc) is 3.35. The molecule has 1 aliphatic heterocycles. The molecule has 1 fully saturated rings. The number of aromatic nitrogens is 3. The standard InChI is InChI=1S/C22H25N5O3/c1-14(2)11-19(27-21(29)17-5-3-4-6-18(17)22(27)30)20(28)25-15-7-9-16(10-8-15)26-13-23-12-24-26/h3-4,7-10,12-14,17-19H,5-6,11H2,1-2H3,(H,25,28). The Morgan fingerprint density at radius 2 is 1.73 bits per heavy atom. The number of carbonyl (C=O) groups excluding carboxylic acids is 3. The molecule has 30 heavy (non-hydrogen) atoms. The summed E-state index contributed by atoms with van der Waals surface area (Å²) in [6.45, 7) is 3.96. The van der Waals surface area contributed by atoms with Gasteiger partial charge in [0.25, 0.3) is 0 Å². The lowest BCUT2D eigenvalue weighted by Gasteiger charge is -2.27. The van der Waals surface area contributed by atoms with E-state index in [0.717, 1.165) is 5.69 Å². The Kier molecular flexibility index (Phi) is 5.48. The third-order valence-electron chi connectivity index (χ3n) is 5.67. The van der Waals surface area contributed by atoms with E-state index in [9.17, 15) is 14.4 Å². The summed E-state index contributed by atoms with van der Waals surface area (Å²) in [5.41, 5.74) is 1.40. The topological polar surface area (TPSA) is 97.2 Å². The van der Waals surface area contributed by atoms with Gasteiger partial charge in [0.2, 0.25) is 17.7 Å². The number of amides is 3. The highest BCUT2D eigenvalue weighted by Crippen LogP contribution is 2.37. The summed E-state index contributed by atoms with van der Waals surface area (Å²) in [5.74, 6) is -1.32. The normalized spacial score (nSPS) is 21.8. The predicted octanol–water partition coefficient (Wildman–Crippen LogP) is 2.57. The molecule has 3 atom stereocenters. The zero-order valence-electron chi connectivity index (χ0n) is 17.1. The molecule has 1 aromatic heterocycles. The first-order chi connectivity index (χ1) is 14.5. The van der Waals surface area contributed by atoms with Gasteiger partial charge in [0.1, 0.15) is 18.7 Å². The first kappa shape index (κ1) is 20.0. The minimum atomic E-state index is -0.814. The van der Waals surface area contributed by atoms with Gasteiger partial charge in [-0.3, -0.25) is 19.3 Å². The van der Waals surface area contributed by atoms with Gasteiger partial charge in [-0.2, -0.15) is 5.10 Å². The Bertz CT molecular complexity index is 939. The number of fused-ring (bicyclic) bond motifs is 1. The average molecular weight is 407 g/mol. The van der Waals surface area contributed by atoms with Crippen LogP contribution in [0.3, 0.4) is 0 Å². The molecule has 1 N–H and O–H groups in total. The third-order valence-corrected chi connectivity index (χ3v) is 5.67. The fraction of sp³-hybridized carbons (Fsp3) is 0.409. The van der Waals surface area contributed by atoms with Gasteiger partial charge < -0.3 is 5.32 Å². The Morgan fingerprint density at radius 3 is 2.27 bits per heavy atom. The van der Waals surface area contributed by atoms with Gasteiger partial charge in [-0.1, -0.05) is 26.0 Å². The van der Waals surface area contributed by atoms with Crippen molar-refractivity contribution in [2.45, 2.75) is 39.2 Å². The van der Waals surface area contributed by atoms with Crippen LogP contribution in [-0.4, -0.2) is 43.4 Å². The van der Waals surface area contributed by atoms with Crippen molar-refractivity contribution in [2.24, 2.45) is 17.8 Å². The molecule has 2 heterocycles. The highest BCUT2D eigenvalue weighted by Gasteiger charge is 2.51. The van der Waals surface area contributed by atoms with E-state index < -0.39 is 6.04 Å². The number of likely N-dealkylation sites (tertiary alicyclic amines) is 1. The number of rotatable bonds is 6. The van der Waals surface area contributed by atoms with E-state index in [-0.39, 0.29) is 35.5 Å². The molecule has 1 saturated heterocycles. The molecule has 8 nitrogen and oxygen atoms in total. The fourth-order valence-corrected chi connectivity index (χ4v) is 4.17. The van der Waals surface area contributed by atoms with E-state index >= 15 is 0 Å². The van der Waals surface area contributed by atoms with Gasteiger partial charge in [-0.25, -0.2) is 9.67 Å². The molecule has 3 unspecified atom stereocenters. The summed E-state index contributed by atoms with van der Waals surface area (Å²) in [6, 6.07) is 6.34. The van der Waals surface area contributed by atoms with Crippen LogP contribution in [0.5, 0.6) is 0 Å². The molecule has 1 aliphatic carbocycles. The Balaban J connectivity index is 1.53. The predicted molar refractivity (Wildman–Crippen MR) is 110 cm³/mol. The SMILES string of the molecule is CC(C)CC(C(=O)Nc1ccc(-n2cncn2)cc1)N1C(=O)C2CC=CCC2C1=O. The highest BCUT2D eigenvalue weighted by molar-refractivity contribution is 6.10. The zero-order chi connectivity index (χ0) is 21.3. The summed E-state index contributed by atoms with van der Waals surface area (Å²) < 4.78 is 1.62. The molecular weight excluding hydrogens is 382 g/mol. The third kappa shape index (κ3) is 3.77. The summed E-state index contributed by atoms with van der Waals surface area (Å²) in [4.78, 5) is 44.2. The summed E-state index contributed by atoms with van der Waals surface area (Å²) in [6.07, 6.45) is 8.48. The molecule has 1 aromatic carbocycles. The van der Waals surface area contributed by atoms with E-state index in [1.807, 2.05) is 38.1 Å². The molecule has 156 valence electrons. The van der Waals surface area contributed by atoms with Gasteiger partial charge in [0.15, 0.2) is 0 Å². The van der Waals surface area contributed by atoms with Crippen LogP contribution >= 0.6 is 0 Å². The smallest absolute Gasteiger partial charge is 0.247 e. The largest absolute Gasteiger partial charge is 0.324 e. The Hall–Kier alpha value is -3.29. The van der Waals surface area contributed by atoms with Crippen molar-refractivity contribution in [3.8, 4) is 5.69 Å². The van der Waals surface area contributed by atoms with Crippen LogP contribution in [0.25, 0.3) is 5.69 Å². The van der Waals surface area contributed by atoms with Crippen molar-refractivity contribution < 1.29 is 14.4 Å². The van der Waals surface area contributed by atoms with Crippen LogP contribution in [0.15, 0.2) is 49.1 Å². The van der Waals surface area contributed by atoms with Crippen molar-refractivity contribution >= 4 is 23.4 Å². The number of imide groups is 1. The second kappa shape index (κ2) is 8.22. The molecule has 0 spiro atoms. The first-order valence-corrected chi connectivity index (χ1v) is 10.2. The lowest BCUT2D eigenvalue weighted by Crippen LogP contribution is -2.48. The number of nitrogens with zero attached hydrogens (tertiary/aromatic N) is 4. The summed E-state index contributed by atoms with van der Waals surface area (Å²) in [7, 11) is 0. The van der Waals surface area contributed by atoms with Crippen molar-refractivity contribution in [2.75, 3.05) is 5.32 Å². The number of hydrogen-bond donors (Lipinski definition) is 1. The molecule has 0 radical (unpaired) electrons. The Morgan fingerprint density at radius 1 is 1.10 bits per heavy atom. The molecule has 0 bridgehead atoms. The minimum absolute atomic E-state index is 0.150.